The van der Waals surface area contributed by atoms with E-state index in [1.54, 1.807) is 24.3 Å². The summed E-state index contributed by atoms with van der Waals surface area (Å²) in [6.07, 6.45) is -5.64. The molecule has 2 rings (SSSR count). The minimum atomic E-state index is -4.47. The first kappa shape index (κ1) is 21.1. The third-order valence-electron chi connectivity index (χ3n) is 3.57. The molecule has 0 heterocycles. The SMILES string of the molecule is COc1ccccc1OCC(=O)O[C@H](C)C(=O)Nc1ccc(C(F)(F)F)cc1. The van der Waals surface area contributed by atoms with E-state index < -0.39 is 36.3 Å². The standard InChI is InChI=1S/C19H18F3NO5/c1-12(18(25)23-14-9-7-13(8-10-14)19(20,21)22)28-17(24)11-27-16-6-4-3-5-15(16)26-2/h3-10,12H,11H2,1-2H3,(H,23,25)/t12-/m1/s1. The molecule has 2 aromatic rings. The molecule has 0 aliphatic heterocycles. The maximum atomic E-state index is 12.5. The fourth-order valence-electron chi connectivity index (χ4n) is 2.15. The molecule has 0 aliphatic rings. The molecule has 28 heavy (non-hydrogen) atoms. The van der Waals surface area contributed by atoms with Crippen molar-refractivity contribution >= 4 is 17.6 Å². The predicted molar refractivity (Wildman–Crippen MR) is 94.1 cm³/mol. The number of halogens is 3. The highest BCUT2D eigenvalue weighted by Gasteiger charge is 2.30. The van der Waals surface area contributed by atoms with Crippen LogP contribution in [0.2, 0.25) is 0 Å². The van der Waals surface area contributed by atoms with E-state index >= 15 is 0 Å². The van der Waals surface area contributed by atoms with Gasteiger partial charge in [-0.3, -0.25) is 4.79 Å². The number of nitrogens with one attached hydrogen (secondary N) is 1. The van der Waals surface area contributed by atoms with Gasteiger partial charge in [0.2, 0.25) is 0 Å². The molecule has 150 valence electrons. The lowest BCUT2D eigenvalue weighted by molar-refractivity contribution is -0.155. The molecule has 0 saturated heterocycles. The van der Waals surface area contributed by atoms with Crippen molar-refractivity contribution in [2.24, 2.45) is 0 Å². The Morgan fingerprint density at radius 1 is 1.04 bits per heavy atom. The number of ether oxygens (including phenoxy) is 3. The fraction of sp³-hybridized carbons (Fsp3) is 0.263. The molecule has 2 aromatic carbocycles. The first-order valence-corrected chi connectivity index (χ1v) is 8.14. The van der Waals surface area contributed by atoms with Gasteiger partial charge >= 0.3 is 12.1 Å². The molecule has 6 nitrogen and oxygen atoms in total. The normalized spacial score (nSPS) is 12.0. The van der Waals surface area contributed by atoms with Crippen LogP contribution in [0.1, 0.15) is 12.5 Å². The van der Waals surface area contributed by atoms with Crippen LogP contribution in [0.4, 0.5) is 18.9 Å². The van der Waals surface area contributed by atoms with E-state index in [-0.39, 0.29) is 5.69 Å². The van der Waals surface area contributed by atoms with Crippen LogP contribution in [0.25, 0.3) is 0 Å². The van der Waals surface area contributed by atoms with Gasteiger partial charge in [-0.2, -0.15) is 13.2 Å². The van der Waals surface area contributed by atoms with Crippen LogP contribution in [0.5, 0.6) is 11.5 Å². The Labute approximate surface area is 159 Å². The van der Waals surface area contributed by atoms with Crippen molar-refractivity contribution in [2.75, 3.05) is 19.0 Å². The largest absolute Gasteiger partial charge is 0.493 e. The van der Waals surface area contributed by atoms with Crippen LogP contribution in [0.3, 0.4) is 0 Å². The summed E-state index contributed by atoms with van der Waals surface area (Å²) in [4.78, 5) is 23.9. The van der Waals surface area contributed by atoms with Crippen LogP contribution in [-0.4, -0.2) is 31.7 Å². The van der Waals surface area contributed by atoms with Gasteiger partial charge in [-0.1, -0.05) is 12.1 Å². The quantitative estimate of drug-likeness (QED) is 0.722. The third kappa shape index (κ3) is 5.90. The molecule has 0 spiro atoms. The van der Waals surface area contributed by atoms with E-state index in [2.05, 4.69) is 5.32 Å². The number of hydrogen-bond acceptors (Lipinski definition) is 5. The number of carbonyl (C=O) groups is 2. The highest BCUT2D eigenvalue weighted by Crippen LogP contribution is 2.30. The van der Waals surface area contributed by atoms with Gasteiger partial charge in [0.1, 0.15) is 0 Å². The van der Waals surface area contributed by atoms with E-state index in [1.807, 2.05) is 0 Å². The lowest BCUT2D eigenvalue weighted by atomic mass is 10.2. The van der Waals surface area contributed by atoms with Gasteiger partial charge in [-0.25, -0.2) is 4.79 Å². The summed E-state index contributed by atoms with van der Waals surface area (Å²) >= 11 is 0. The van der Waals surface area contributed by atoms with Gasteiger partial charge in [0, 0.05) is 5.69 Å². The Morgan fingerprint density at radius 3 is 2.21 bits per heavy atom. The smallest absolute Gasteiger partial charge is 0.416 e. The Balaban J connectivity index is 1.85. The summed E-state index contributed by atoms with van der Waals surface area (Å²) < 4.78 is 52.9. The minimum absolute atomic E-state index is 0.145. The number of hydrogen-bond donors (Lipinski definition) is 1. The maximum Gasteiger partial charge on any atom is 0.416 e. The summed E-state index contributed by atoms with van der Waals surface area (Å²) in [7, 11) is 1.45. The lowest BCUT2D eigenvalue weighted by Crippen LogP contribution is -2.31. The fourth-order valence-corrected chi connectivity index (χ4v) is 2.15. The molecule has 0 radical (unpaired) electrons. The molecule has 1 N–H and O–H groups in total. The molecule has 0 fully saturated rings. The average molecular weight is 397 g/mol. The van der Waals surface area contributed by atoms with Gasteiger partial charge < -0.3 is 19.5 Å². The lowest BCUT2D eigenvalue weighted by Gasteiger charge is -2.15. The zero-order valence-electron chi connectivity index (χ0n) is 15.1. The number of amides is 1. The molecule has 0 bridgehead atoms. The van der Waals surface area contributed by atoms with Crippen molar-refractivity contribution in [3.05, 3.63) is 54.1 Å². The van der Waals surface area contributed by atoms with Crippen molar-refractivity contribution in [1.82, 2.24) is 0 Å². The molecule has 1 atom stereocenters. The van der Waals surface area contributed by atoms with Gasteiger partial charge in [-0.05, 0) is 43.3 Å². The summed E-state index contributed by atoms with van der Waals surface area (Å²) in [5.74, 6) is -0.710. The summed E-state index contributed by atoms with van der Waals surface area (Å²) in [6.45, 7) is 0.888. The predicted octanol–water partition coefficient (Wildman–Crippen LogP) is 3.66. The van der Waals surface area contributed by atoms with Crippen LogP contribution in [-0.2, 0) is 20.5 Å². The molecule has 1 amide bonds. The zero-order valence-corrected chi connectivity index (χ0v) is 15.1. The second-order valence-corrected chi connectivity index (χ2v) is 5.64. The van der Waals surface area contributed by atoms with Crippen LogP contribution in [0.15, 0.2) is 48.5 Å². The highest BCUT2D eigenvalue weighted by atomic mass is 19.4. The van der Waals surface area contributed by atoms with Crippen molar-refractivity contribution in [2.45, 2.75) is 19.2 Å². The van der Waals surface area contributed by atoms with Gasteiger partial charge in [0.15, 0.2) is 24.2 Å². The molecule has 0 saturated carbocycles. The monoisotopic (exact) mass is 397 g/mol. The maximum absolute atomic E-state index is 12.5. The molecule has 9 heteroatoms. The molecular formula is C19H18F3NO5. The minimum Gasteiger partial charge on any atom is -0.493 e. The van der Waals surface area contributed by atoms with E-state index in [1.165, 1.54) is 14.0 Å². The van der Waals surface area contributed by atoms with E-state index in [4.69, 9.17) is 14.2 Å². The molecule has 0 aliphatic carbocycles. The number of alkyl halides is 3. The Bertz CT molecular complexity index is 821. The number of anilines is 1. The number of rotatable bonds is 7. The van der Waals surface area contributed by atoms with Crippen molar-refractivity contribution in [3.63, 3.8) is 0 Å². The highest BCUT2D eigenvalue weighted by molar-refractivity contribution is 5.95. The van der Waals surface area contributed by atoms with Crippen molar-refractivity contribution in [1.29, 1.82) is 0 Å². The summed E-state index contributed by atoms with van der Waals surface area (Å²) in [5, 5.41) is 2.37. The summed E-state index contributed by atoms with van der Waals surface area (Å²) in [6, 6.07) is 10.6. The molecular weight excluding hydrogens is 379 g/mol. The van der Waals surface area contributed by atoms with E-state index in [0.29, 0.717) is 11.5 Å². The Kier molecular flexibility index (Phi) is 6.86. The summed E-state index contributed by atoms with van der Waals surface area (Å²) in [5.41, 5.74) is -0.690. The number of carbonyl (C=O) groups excluding carboxylic acids is 2. The Morgan fingerprint density at radius 2 is 1.64 bits per heavy atom. The second kappa shape index (κ2) is 9.12. The average Bonchev–Trinajstić information content (AvgIpc) is 2.66. The number of methoxy groups -OCH3 is 1. The second-order valence-electron chi connectivity index (χ2n) is 5.64. The first-order chi connectivity index (χ1) is 13.2. The zero-order chi connectivity index (χ0) is 20.7. The number of para-hydroxylation sites is 2. The first-order valence-electron chi connectivity index (χ1n) is 8.14. The van der Waals surface area contributed by atoms with Crippen molar-refractivity contribution < 1.29 is 37.0 Å². The van der Waals surface area contributed by atoms with Crippen LogP contribution < -0.4 is 14.8 Å². The third-order valence-corrected chi connectivity index (χ3v) is 3.57. The number of esters is 1. The molecule has 0 unspecified atom stereocenters. The van der Waals surface area contributed by atoms with Gasteiger partial charge in [-0.15, -0.1) is 0 Å². The van der Waals surface area contributed by atoms with E-state index in [9.17, 15) is 22.8 Å². The van der Waals surface area contributed by atoms with E-state index in [0.717, 1.165) is 24.3 Å². The Hall–Kier alpha value is -3.23. The van der Waals surface area contributed by atoms with Gasteiger partial charge in [0.05, 0.1) is 12.7 Å². The van der Waals surface area contributed by atoms with Crippen molar-refractivity contribution in [3.8, 4) is 11.5 Å². The van der Waals surface area contributed by atoms with Crippen LogP contribution in [0, 0.1) is 0 Å². The molecule has 0 aromatic heterocycles. The van der Waals surface area contributed by atoms with Crippen LogP contribution >= 0.6 is 0 Å². The number of benzene rings is 2. The van der Waals surface area contributed by atoms with Gasteiger partial charge in [0.25, 0.3) is 5.91 Å². The topological polar surface area (TPSA) is 73.9 Å².